The van der Waals surface area contributed by atoms with Gasteiger partial charge in [-0.25, -0.2) is 4.79 Å². The molecule has 0 spiro atoms. The Morgan fingerprint density at radius 2 is 1.12 bits per heavy atom. The summed E-state index contributed by atoms with van der Waals surface area (Å²) in [6, 6.07) is 0. The summed E-state index contributed by atoms with van der Waals surface area (Å²) in [5.41, 5.74) is -0.210. The number of rotatable bonds is 7. The van der Waals surface area contributed by atoms with Gasteiger partial charge < -0.3 is 29.6 Å². The van der Waals surface area contributed by atoms with Gasteiger partial charge >= 0.3 is 11.9 Å². The minimum Gasteiger partial charge on any atom is -0.462 e. The third-order valence-corrected chi connectivity index (χ3v) is 9.12. The van der Waals surface area contributed by atoms with Crippen LogP contribution in [0, 0.1) is 11.8 Å². The van der Waals surface area contributed by atoms with Gasteiger partial charge in [0.05, 0.1) is 18.6 Å². The van der Waals surface area contributed by atoms with Gasteiger partial charge in [-0.2, -0.15) is 0 Å². The molecule has 2 unspecified atom stereocenters. The molecule has 1 saturated carbocycles. The van der Waals surface area contributed by atoms with Gasteiger partial charge in [0.25, 0.3) is 0 Å². The molecule has 4 aliphatic rings. The molecule has 2 N–H and O–H groups in total. The molecule has 0 aromatic heterocycles. The van der Waals surface area contributed by atoms with Crippen LogP contribution >= 0.6 is 0 Å². The molecule has 0 aromatic rings. The van der Waals surface area contributed by atoms with E-state index in [0.29, 0.717) is 25.6 Å². The summed E-state index contributed by atoms with van der Waals surface area (Å²) in [5.74, 6) is 0.195. The highest BCUT2D eigenvalue weighted by Gasteiger charge is 2.42. The van der Waals surface area contributed by atoms with E-state index in [4.69, 9.17) is 18.9 Å². The van der Waals surface area contributed by atoms with Crippen molar-refractivity contribution in [1.29, 1.82) is 0 Å². The summed E-state index contributed by atoms with van der Waals surface area (Å²) in [7, 11) is 0. The van der Waals surface area contributed by atoms with Gasteiger partial charge in [-0.1, -0.05) is 0 Å². The van der Waals surface area contributed by atoms with Crippen LogP contribution in [0.5, 0.6) is 0 Å². The zero-order valence-corrected chi connectivity index (χ0v) is 26.4. The van der Waals surface area contributed by atoms with Crippen molar-refractivity contribution in [3.8, 4) is 0 Å². The Labute approximate surface area is 242 Å². The number of hydrogen-bond donors (Lipinski definition) is 2. The zero-order valence-electron chi connectivity index (χ0n) is 26.4. The minimum atomic E-state index is -0.501. The normalized spacial score (nSPS) is 34.1. The molecule has 4 rings (SSSR count). The van der Waals surface area contributed by atoms with Crippen LogP contribution in [0.2, 0.25) is 0 Å². The van der Waals surface area contributed by atoms with Crippen molar-refractivity contribution >= 4 is 11.9 Å². The molecule has 4 fully saturated rings. The number of ether oxygens (including phenoxy) is 4. The predicted octanol–water partition coefficient (Wildman–Crippen LogP) is 5.06. The van der Waals surface area contributed by atoms with Gasteiger partial charge in [0, 0.05) is 54.4 Å². The van der Waals surface area contributed by atoms with Gasteiger partial charge in [0.1, 0.15) is 12.2 Å². The third kappa shape index (κ3) is 9.14. The lowest BCUT2D eigenvalue weighted by Crippen LogP contribution is -2.60. The van der Waals surface area contributed by atoms with Crippen molar-refractivity contribution in [2.24, 2.45) is 11.8 Å². The lowest BCUT2D eigenvalue weighted by molar-refractivity contribution is -0.176. The molecule has 1 aliphatic carbocycles. The molecule has 40 heavy (non-hydrogen) atoms. The molecule has 8 nitrogen and oxygen atoms in total. The van der Waals surface area contributed by atoms with Gasteiger partial charge in [-0.05, 0) is 99.8 Å². The molecule has 230 valence electrons. The van der Waals surface area contributed by atoms with Gasteiger partial charge in [0.2, 0.25) is 0 Å². The van der Waals surface area contributed by atoms with Crippen LogP contribution in [0.25, 0.3) is 0 Å². The molecule has 0 radical (unpaired) electrons. The second kappa shape index (κ2) is 12.2. The first kappa shape index (κ1) is 31.7. The quantitative estimate of drug-likeness (QED) is 0.415. The van der Waals surface area contributed by atoms with Crippen molar-refractivity contribution in [2.45, 2.75) is 166 Å². The van der Waals surface area contributed by atoms with E-state index < -0.39 is 6.10 Å². The van der Waals surface area contributed by atoms with Crippen LogP contribution < -0.4 is 10.6 Å². The number of hydrogen-bond acceptors (Lipinski definition) is 8. The van der Waals surface area contributed by atoms with Crippen LogP contribution in [0.15, 0.2) is 0 Å². The Bertz CT molecular complexity index is 780. The predicted molar refractivity (Wildman–Crippen MR) is 155 cm³/mol. The van der Waals surface area contributed by atoms with Crippen molar-refractivity contribution in [3.05, 3.63) is 0 Å². The van der Waals surface area contributed by atoms with Crippen LogP contribution in [0.1, 0.15) is 120 Å². The number of piperidine rings is 2. The molecular weight excluding hydrogens is 508 g/mol. The van der Waals surface area contributed by atoms with Crippen molar-refractivity contribution in [2.75, 3.05) is 13.2 Å². The Morgan fingerprint density at radius 3 is 1.57 bits per heavy atom. The lowest BCUT2D eigenvalue weighted by atomic mass is 9.80. The number of esters is 2. The largest absolute Gasteiger partial charge is 0.462 e. The fourth-order valence-corrected chi connectivity index (χ4v) is 8.01. The molecule has 0 amide bonds. The summed E-state index contributed by atoms with van der Waals surface area (Å²) in [6.45, 7) is 18.4. The Morgan fingerprint density at radius 1 is 0.650 bits per heavy atom. The Balaban J connectivity index is 1.12. The van der Waals surface area contributed by atoms with Crippen LogP contribution in [-0.2, 0) is 28.5 Å². The first-order valence-corrected chi connectivity index (χ1v) is 15.7. The fourth-order valence-electron chi connectivity index (χ4n) is 8.01. The van der Waals surface area contributed by atoms with Gasteiger partial charge in [-0.3, -0.25) is 4.79 Å². The van der Waals surface area contributed by atoms with Crippen molar-refractivity contribution in [3.63, 3.8) is 0 Å². The standard InChI is InChI=1S/C32H56N2O6/c1-29(2)15-24(16-30(3,4)33-29)39-27(35)22-11-9-21(10-12-22)19-37-23-13-14-26(38-20-23)28(36)40-25-17-31(5,6)34-32(7,8)18-25/h21-26,33-34H,9-20H2,1-8H3. The van der Waals surface area contributed by atoms with E-state index in [9.17, 15) is 9.59 Å². The minimum absolute atomic E-state index is 0.00163. The highest BCUT2D eigenvalue weighted by molar-refractivity contribution is 5.75. The highest BCUT2D eigenvalue weighted by atomic mass is 16.6. The first-order valence-electron chi connectivity index (χ1n) is 15.7. The number of nitrogens with one attached hydrogen (secondary N) is 2. The molecule has 3 heterocycles. The Hall–Kier alpha value is -1.22. The summed E-state index contributed by atoms with van der Waals surface area (Å²) in [6.07, 6.45) is 7.81. The van der Waals surface area contributed by atoms with E-state index >= 15 is 0 Å². The third-order valence-electron chi connectivity index (χ3n) is 9.12. The molecule has 3 aliphatic heterocycles. The van der Waals surface area contributed by atoms with Gasteiger partial charge in [-0.15, -0.1) is 0 Å². The van der Waals surface area contributed by atoms with Crippen LogP contribution in [0.4, 0.5) is 0 Å². The van der Waals surface area contributed by atoms with Crippen molar-refractivity contribution < 1.29 is 28.5 Å². The SMILES string of the molecule is CC1(C)CC(OC(=O)C2CCC(COC3CCC(C(=O)OC4CC(C)(C)NC(C)(C)C4)OC3)CC2)CC(C)(C)N1. The van der Waals surface area contributed by atoms with Gasteiger partial charge in [0.15, 0.2) is 6.10 Å². The average molecular weight is 565 g/mol. The second-order valence-electron chi connectivity index (χ2n) is 15.8. The lowest BCUT2D eigenvalue weighted by Gasteiger charge is -2.46. The molecule has 0 aromatic carbocycles. The maximum atomic E-state index is 12.9. The van der Waals surface area contributed by atoms with E-state index in [2.05, 4.69) is 66.0 Å². The fraction of sp³-hybridized carbons (Fsp3) is 0.938. The first-order chi connectivity index (χ1) is 18.5. The van der Waals surface area contributed by atoms with E-state index in [1.54, 1.807) is 0 Å². The highest BCUT2D eigenvalue weighted by Crippen LogP contribution is 2.35. The smallest absolute Gasteiger partial charge is 0.335 e. The topological polar surface area (TPSA) is 95.1 Å². The molecule has 3 saturated heterocycles. The summed E-state index contributed by atoms with van der Waals surface area (Å²) in [5, 5.41) is 7.28. The molecule has 2 atom stereocenters. The maximum Gasteiger partial charge on any atom is 0.335 e. The second-order valence-corrected chi connectivity index (χ2v) is 15.8. The summed E-state index contributed by atoms with van der Waals surface area (Å²) >= 11 is 0. The van der Waals surface area contributed by atoms with E-state index in [-0.39, 0.29) is 58.3 Å². The summed E-state index contributed by atoms with van der Waals surface area (Å²) in [4.78, 5) is 25.8. The number of carbonyl (C=O) groups excluding carboxylic acids is 2. The average Bonchev–Trinajstić information content (AvgIpc) is 2.79. The van der Waals surface area contributed by atoms with Crippen molar-refractivity contribution in [1.82, 2.24) is 10.6 Å². The van der Waals surface area contributed by atoms with E-state index in [1.807, 2.05) is 0 Å². The van der Waals surface area contributed by atoms with Crippen LogP contribution in [-0.4, -0.2) is 71.7 Å². The van der Waals surface area contributed by atoms with Crippen LogP contribution in [0.3, 0.4) is 0 Å². The molecular formula is C32H56N2O6. The Kier molecular flexibility index (Phi) is 9.65. The summed E-state index contributed by atoms with van der Waals surface area (Å²) < 4.78 is 24.0. The monoisotopic (exact) mass is 564 g/mol. The molecule has 0 bridgehead atoms. The van der Waals surface area contributed by atoms with E-state index in [1.165, 1.54) is 0 Å². The number of carbonyl (C=O) groups is 2. The molecule has 8 heteroatoms. The maximum absolute atomic E-state index is 12.9. The zero-order chi connectivity index (χ0) is 29.3. The van der Waals surface area contributed by atoms with E-state index in [0.717, 1.165) is 57.8 Å².